The maximum atomic E-state index is 11.9. The summed E-state index contributed by atoms with van der Waals surface area (Å²) >= 11 is 0. The molecule has 1 amide bonds. The maximum absolute atomic E-state index is 11.9. The van der Waals surface area contributed by atoms with E-state index >= 15 is 0 Å². The SMILES string of the molecule is CCCCS(=O)(=O)Nc1ccc(Nc2ccc(NC(C)=O)cc2)nc1. The highest BCUT2D eigenvalue weighted by atomic mass is 32.2. The highest BCUT2D eigenvalue weighted by molar-refractivity contribution is 7.92. The smallest absolute Gasteiger partial charge is 0.232 e. The minimum atomic E-state index is -3.33. The second kappa shape index (κ2) is 8.48. The van der Waals surface area contributed by atoms with Crippen LogP contribution in [0.15, 0.2) is 42.6 Å². The van der Waals surface area contributed by atoms with Crippen molar-refractivity contribution in [1.29, 1.82) is 0 Å². The number of pyridine rings is 1. The molecule has 0 spiro atoms. The Bertz CT molecular complexity index is 803. The molecule has 0 unspecified atom stereocenters. The zero-order valence-corrected chi connectivity index (χ0v) is 15.1. The van der Waals surface area contributed by atoms with Gasteiger partial charge in [0.15, 0.2) is 0 Å². The number of benzene rings is 1. The van der Waals surface area contributed by atoms with Gasteiger partial charge in [0.05, 0.1) is 17.6 Å². The fourth-order valence-corrected chi connectivity index (χ4v) is 3.33. The molecule has 0 fully saturated rings. The summed E-state index contributed by atoms with van der Waals surface area (Å²) in [6.45, 7) is 3.40. The molecular formula is C17H22N4O3S. The number of nitrogens with zero attached hydrogens (tertiary/aromatic N) is 1. The zero-order valence-electron chi connectivity index (χ0n) is 14.2. The molecule has 25 heavy (non-hydrogen) atoms. The van der Waals surface area contributed by atoms with Crippen molar-refractivity contribution in [2.75, 3.05) is 21.1 Å². The molecule has 0 atom stereocenters. The normalized spacial score (nSPS) is 11.0. The average Bonchev–Trinajstić information content (AvgIpc) is 2.56. The molecule has 0 bridgehead atoms. The van der Waals surface area contributed by atoms with Gasteiger partial charge in [-0.1, -0.05) is 13.3 Å². The summed E-state index contributed by atoms with van der Waals surface area (Å²) in [7, 11) is -3.33. The molecular weight excluding hydrogens is 340 g/mol. The number of carbonyl (C=O) groups is 1. The van der Waals surface area contributed by atoms with Crippen molar-refractivity contribution in [2.24, 2.45) is 0 Å². The van der Waals surface area contributed by atoms with Crippen LogP contribution in [0.3, 0.4) is 0 Å². The van der Waals surface area contributed by atoms with E-state index in [2.05, 4.69) is 20.3 Å². The lowest BCUT2D eigenvalue weighted by Gasteiger charge is -2.09. The van der Waals surface area contributed by atoms with Crippen molar-refractivity contribution in [3.05, 3.63) is 42.6 Å². The Labute approximate surface area is 147 Å². The second-order valence-electron chi connectivity index (χ2n) is 5.59. The van der Waals surface area contributed by atoms with Gasteiger partial charge in [0.25, 0.3) is 0 Å². The lowest BCUT2D eigenvalue weighted by Crippen LogP contribution is -2.16. The summed E-state index contributed by atoms with van der Waals surface area (Å²) in [5.41, 5.74) is 1.95. The number of hydrogen-bond donors (Lipinski definition) is 3. The van der Waals surface area contributed by atoms with Gasteiger partial charge >= 0.3 is 0 Å². The first kappa shape index (κ1) is 18.7. The average molecular weight is 362 g/mol. The van der Waals surface area contributed by atoms with E-state index in [0.29, 0.717) is 23.6 Å². The van der Waals surface area contributed by atoms with Gasteiger partial charge in [-0.25, -0.2) is 13.4 Å². The fourth-order valence-electron chi connectivity index (χ4n) is 2.08. The van der Waals surface area contributed by atoms with Gasteiger partial charge in [-0.15, -0.1) is 0 Å². The number of rotatable bonds is 8. The topological polar surface area (TPSA) is 100 Å². The molecule has 0 saturated carbocycles. The van der Waals surface area contributed by atoms with E-state index in [1.54, 1.807) is 24.3 Å². The van der Waals surface area contributed by atoms with Gasteiger partial charge in [-0.3, -0.25) is 9.52 Å². The van der Waals surface area contributed by atoms with Crippen LogP contribution in [0.5, 0.6) is 0 Å². The third kappa shape index (κ3) is 6.42. The molecule has 2 aromatic rings. The summed E-state index contributed by atoms with van der Waals surface area (Å²) in [5, 5.41) is 5.80. The first-order chi connectivity index (χ1) is 11.9. The van der Waals surface area contributed by atoms with Crippen molar-refractivity contribution in [3.8, 4) is 0 Å². The van der Waals surface area contributed by atoms with E-state index in [0.717, 1.165) is 12.1 Å². The minimum Gasteiger partial charge on any atom is -0.340 e. The predicted octanol–water partition coefficient (Wildman–Crippen LogP) is 3.33. The third-order valence-electron chi connectivity index (χ3n) is 3.28. The summed E-state index contributed by atoms with van der Waals surface area (Å²) < 4.78 is 26.2. The summed E-state index contributed by atoms with van der Waals surface area (Å²) in [6.07, 6.45) is 2.91. The maximum Gasteiger partial charge on any atom is 0.232 e. The third-order valence-corrected chi connectivity index (χ3v) is 4.65. The second-order valence-corrected chi connectivity index (χ2v) is 7.43. The van der Waals surface area contributed by atoms with Gasteiger partial charge in [0, 0.05) is 18.3 Å². The highest BCUT2D eigenvalue weighted by Gasteiger charge is 2.09. The lowest BCUT2D eigenvalue weighted by atomic mass is 10.2. The Balaban J connectivity index is 1.97. The van der Waals surface area contributed by atoms with Gasteiger partial charge in [-0.2, -0.15) is 0 Å². The van der Waals surface area contributed by atoms with Crippen LogP contribution in [0.4, 0.5) is 22.9 Å². The minimum absolute atomic E-state index is 0.101. The zero-order chi connectivity index (χ0) is 18.3. The molecule has 3 N–H and O–H groups in total. The number of anilines is 4. The van der Waals surface area contributed by atoms with Crippen LogP contribution in [0, 0.1) is 0 Å². The Kier molecular flexibility index (Phi) is 6.35. The number of nitrogens with one attached hydrogen (secondary N) is 3. The molecule has 0 saturated heterocycles. The van der Waals surface area contributed by atoms with Crippen LogP contribution < -0.4 is 15.4 Å². The number of amides is 1. The molecule has 7 nitrogen and oxygen atoms in total. The summed E-state index contributed by atoms with van der Waals surface area (Å²) in [6, 6.07) is 10.5. The standard InChI is InChI=1S/C17H22N4O3S/c1-3-4-11-25(23,24)21-16-9-10-17(18-12-16)20-15-7-5-14(6-8-15)19-13(2)22/h5-10,12,21H,3-4,11H2,1-2H3,(H,18,20)(H,19,22). The van der Waals surface area contributed by atoms with Gasteiger partial charge < -0.3 is 10.6 Å². The summed E-state index contributed by atoms with van der Waals surface area (Å²) in [5.74, 6) is 0.563. The van der Waals surface area contributed by atoms with Crippen molar-refractivity contribution < 1.29 is 13.2 Å². The van der Waals surface area contributed by atoms with Crippen LogP contribution in [0.1, 0.15) is 26.7 Å². The Hall–Kier alpha value is -2.61. The molecule has 0 aliphatic rings. The van der Waals surface area contributed by atoms with E-state index in [-0.39, 0.29) is 11.7 Å². The van der Waals surface area contributed by atoms with Crippen LogP contribution in [0.2, 0.25) is 0 Å². The van der Waals surface area contributed by atoms with E-state index in [4.69, 9.17) is 0 Å². The van der Waals surface area contributed by atoms with Gasteiger partial charge in [0.1, 0.15) is 5.82 Å². The van der Waals surface area contributed by atoms with Crippen molar-refractivity contribution in [2.45, 2.75) is 26.7 Å². The molecule has 0 radical (unpaired) electrons. The quantitative estimate of drug-likeness (QED) is 0.669. The number of unbranched alkanes of at least 4 members (excludes halogenated alkanes) is 1. The van der Waals surface area contributed by atoms with Crippen molar-refractivity contribution in [3.63, 3.8) is 0 Å². The first-order valence-electron chi connectivity index (χ1n) is 7.99. The molecule has 0 aliphatic heterocycles. The van der Waals surface area contributed by atoms with Gasteiger partial charge in [-0.05, 0) is 42.8 Å². The first-order valence-corrected chi connectivity index (χ1v) is 9.64. The number of sulfonamides is 1. The summed E-state index contributed by atoms with van der Waals surface area (Å²) in [4.78, 5) is 15.2. The highest BCUT2D eigenvalue weighted by Crippen LogP contribution is 2.19. The van der Waals surface area contributed by atoms with Crippen LogP contribution in [-0.2, 0) is 14.8 Å². The number of hydrogen-bond acceptors (Lipinski definition) is 5. The van der Waals surface area contributed by atoms with Crippen LogP contribution in [-0.4, -0.2) is 25.1 Å². The van der Waals surface area contributed by atoms with E-state index in [1.165, 1.54) is 13.1 Å². The number of carbonyl (C=O) groups excluding carboxylic acids is 1. The Morgan fingerprint density at radius 1 is 1.04 bits per heavy atom. The van der Waals surface area contributed by atoms with Crippen LogP contribution >= 0.6 is 0 Å². The lowest BCUT2D eigenvalue weighted by molar-refractivity contribution is -0.114. The predicted molar refractivity (Wildman–Crippen MR) is 101 cm³/mol. The Morgan fingerprint density at radius 2 is 1.68 bits per heavy atom. The van der Waals surface area contributed by atoms with Crippen molar-refractivity contribution >= 4 is 38.8 Å². The fraction of sp³-hybridized carbons (Fsp3) is 0.294. The molecule has 0 aliphatic carbocycles. The molecule has 1 heterocycles. The van der Waals surface area contributed by atoms with E-state index in [1.807, 2.05) is 19.1 Å². The molecule has 1 aromatic carbocycles. The number of aromatic nitrogens is 1. The monoisotopic (exact) mass is 362 g/mol. The van der Waals surface area contributed by atoms with Crippen molar-refractivity contribution in [1.82, 2.24) is 4.98 Å². The molecule has 8 heteroatoms. The van der Waals surface area contributed by atoms with Gasteiger partial charge in [0.2, 0.25) is 15.9 Å². The largest absolute Gasteiger partial charge is 0.340 e. The Morgan fingerprint density at radius 3 is 2.24 bits per heavy atom. The molecule has 134 valence electrons. The molecule has 1 aromatic heterocycles. The van der Waals surface area contributed by atoms with E-state index < -0.39 is 10.0 Å². The van der Waals surface area contributed by atoms with Crippen LogP contribution in [0.25, 0.3) is 0 Å². The van der Waals surface area contributed by atoms with E-state index in [9.17, 15) is 13.2 Å². The molecule has 2 rings (SSSR count).